The number of amides is 2. The SMILES string of the molecule is CCN(C(=O)C1CCN(C(=O)c2ccc(OC)cc2)c2ccccc21)c1ccc(Cl)cc1. The fourth-order valence-electron chi connectivity index (χ4n) is 4.19. The summed E-state index contributed by atoms with van der Waals surface area (Å²) in [7, 11) is 1.60. The van der Waals surface area contributed by atoms with Gasteiger partial charge >= 0.3 is 0 Å². The number of carbonyl (C=O) groups excluding carboxylic acids is 2. The number of rotatable bonds is 5. The molecule has 0 aliphatic carbocycles. The second kappa shape index (κ2) is 9.45. The van der Waals surface area contributed by atoms with Crippen molar-refractivity contribution in [2.75, 3.05) is 30.0 Å². The standard InChI is InChI=1S/C26H25ClN2O3/c1-3-28(20-12-10-19(27)11-13-20)26(31)23-16-17-29(24-7-5-4-6-22(23)24)25(30)18-8-14-21(32-2)15-9-18/h4-15,23H,3,16-17H2,1-2H3. The van der Waals surface area contributed by atoms with Gasteiger partial charge in [-0.25, -0.2) is 0 Å². The minimum atomic E-state index is -0.318. The molecule has 0 aromatic heterocycles. The van der Waals surface area contributed by atoms with Crippen molar-refractivity contribution in [3.8, 4) is 5.75 Å². The van der Waals surface area contributed by atoms with Gasteiger partial charge in [-0.05, 0) is 73.5 Å². The second-order valence-corrected chi connectivity index (χ2v) is 8.08. The van der Waals surface area contributed by atoms with E-state index < -0.39 is 0 Å². The predicted octanol–water partition coefficient (Wildman–Crippen LogP) is 5.54. The van der Waals surface area contributed by atoms with Crippen molar-refractivity contribution in [1.82, 2.24) is 0 Å². The molecule has 0 spiro atoms. The van der Waals surface area contributed by atoms with E-state index in [4.69, 9.17) is 16.3 Å². The average molecular weight is 449 g/mol. The van der Waals surface area contributed by atoms with E-state index in [0.717, 1.165) is 16.9 Å². The summed E-state index contributed by atoms with van der Waals surface area (Å²) in [6.07, 6.45) is 0.557. The Kier molecular flexibility index (Phi) is 6.47. The molecule has 0 fully saturated rings. The molecule has 1 aliphatic rings. The normalized spacial score (nSPS) is 15.1. The van der Waals surface area contributed by atoms with Gasteiger partial charge in [0.25, 0.3) is 5.91 Å². The molecule has 32 heavy (non-hydrogen) atoms. The van der Waals surface area contributed by atoms with E-state index in [9.17, 15) is 9.59 Å². The van der Waals surface area contributed by atoms with Crippen LogP contribution in [0, 0.1) is 0 Å². The zero-order valence-electron chi connectivity index (χ0n) is 18.1. The molecule has 3 aromatic carbocycles. The zero-order valence-corrected chi connectivity index (χ0v) is 18.9. The lowest BCUT2D eigenvalue weighted by Gasteiger charge is -2.36. The first-order valence-electron chi connectivity index (χ1n) is 10.6. The molecule has 3 aromatic rings. The topological polar surface area (TPSA) is 49.9 Å². The van der Waals surface area contributed by atoms with Gasteiger partial charge in [-0.3, -0.25) is 9.59 Å². The van der Waals surface area contributed by atoms with E-state index in [1.807, 2.05) is 43.3 Å². The van der Waals surface area contributed by atoms with E-state index in [2.05, 4.69) is 0 Å². The molecule has 2 amide bonds. The van der Waals surface area contributed by atoms with Crippen LogP contribution in [0.2, 0.25) is 5.02 Å². The number of halogens is 1. The van der Waals surface area contributed by atoms with Crippen LogP contribution in [0.25, 0.3) is 0 Å². The summed E-state index contributed by atoms with van der Waals surface area (Å²) >= 11 is 6.02. The van der Waals surface area contributed by atoms with Gasteiger partial charge < -0.3 is 14.5 Å². The number of anilines is 2. The van der Waals surface area contributed by atoms with Gasteiger partial charge in [-0.1, -0.05) is 29.8 Å². The third-order valence-electron chi connectivity index (χ3n) is 5.85. The van der Waals surface area contributed by atoms with Gasteiger partial charge in [-0.2, -0.15) is 0 Å². The smallest absolute Gasteiger partial charge is 0.258 e. The molecule has 1 unspecified atom stereocenters. The maximum absolute atomic E-state index is 13.6. The number of likely N-dealkylation sites (N-methyl/N-ethyl adjacent to an activating group) is 1. The molecule has 5 nitrogen and oxygen atoms in total. The number of ether oxygens (including phenoxy) is 1. The lowest BCUT2D eigenvalue weighted by molar-refractivity contribution is -0.120. The summed E-state index contributed by atoms with van der Waals surface area (Å²) in [4.78, 5) is 30.4. The lowest BCUT2D eigenvalue weighted by Crippen LogP contribution is -2.42. The Hall–Kier alpha value is -3.31. The molecule has 1 heterocycles. The van der Waals surface area contributed by atoms with E-state index in [0.29, 0.717) is 35.8 Å². The van der Waals surface area contributed by atoms with Crippen LogP contribution in [-0.2, 0) is 4.79 Å². The highest BCUT2D eigenvalue weighted by Gasteiger charge is 2.35. The van der Waals surface area contributed by atoms with Crippen LogP contribution >= 0.6 is 11.6 Å². The van der Waals surface area contributed by atoms with Crippen molar-refractivity contribution < 1.29 is 14.3 Å². The van der Waals surface area contributed by atoms with Gasteiger partial charge in [0.2, 0.25) is 5.91 Å². The number of hydrogen-bond acceptors (Lipinski definition) is 3. The van der Waals surface area contributed by atoms with Crippen LogP contribution in [0.5, 0.6) is 5.75 Å². The van der Waals surface area contributed by atoms with E-state index >= 15 is 0 Å². The third-order valence-corrected chi connectivity index (χ3v) is 6.10. The Morgan fingerprint density at radius 2 is 1.72 bits per heavy atom. The van der Waals surface area contributed by atoms with Gasteiger partial charge in [0, 0.05) is 35.1 Å². The molecular formula is C26H25ClN2O3. The molecule has 1 aliphatic heterocycles. The predicted molar refractivity (Wildman–Crippen MR) is 128 cm³/mol. The maximum Gasteiger partial charge on any atom is 0.258 e. The van der Waals surface area contributed by atoms with Gasteiger partial charge in [0.1, 0.15) is 5.75 Å². The fraction of sp³-hybridized carbons (Fsp3) is 0.231. The summed E-state index contributed by atoms with van der Waals surface area (Å²) in [6, 6.07) is 22.1. The summed E-state index contributed by atoms with van der Waals surface area (Å²) in [5.74, 6) is 0.324. The lowest BCUT2D eigenvalue weighted by atomic mass is 9.88. The Bertz CT molecular complexity index is 1110. The monoisotopic (exact) mass is 448 g/mol. The number of fused-ring (bicyclic) bond motifs is 1. The van der Waals surface area contributed by atoms with Crippen molar-refractivity contribution in [3.63, 3.8) is 0 Å². The summed E-state index contributed by atoms with van der Waals surface area (Å²) in [5, 5.41) is 0.632. The number of hydrogen-bond donors (Lipinski definition) is 0. The number of carbonyl (C=O) groups is 2. The van der Waals surface area contributed by atoms with Gasteiger partial charge in [-0.15, -0.1) is 0 Å². The highest BCUT2D eigenvalue weighted by Crippen LogP contribution is 2.38. The van der Waals surface area contributed by atoms with Gasteiger partial charge in [0.15, 0.2) is 0 Å². The third kappa shape index (κ3) is 4.21. The van der Waals surface area contributed by atoms with Crippen LogP contribution in [0.3, 0.4) is 0 Å². The summed E-state index contributed by atoms with van der Waals surface area (Å²) in [6.45, 7) is 2.98. The largest absolute Gasteiger partial charge is 0.497 e. The molecule has 0 bridgehead atoms. The highest BCUT2D eigenvalue weighted by molar-refractivity contribution is 6.30. The van der Waals surface area contributed by atoms with Crippen LogP contribution < -0.4 is 14.5 Å². The Labute approximate surface area is 193 Å². The Balaban J connectivity index is 1.63. The van der Waals surface area contributed by atoms with E-state index in [-0.39, 0.29) is 17.7 Å². The molecule has 0 saturated heterocycles. The molecule has 4 rings (SSSR count). The number of methoxy groups -OCH3 is 1. The first-order valence-corrected chi connectivity index (χ1v) is 11.0. The summed E-state index contributed by atoms with van der Waals surface area (Å²) < 4.78 is 5.19. The molecule has 1 atom stereocenters. The zero-order chi connectivity index (χ0) is 22.7. The van der Waals surface area contributed by atoms with Crippen molar-refractivity contribution in [2.24, 2.45) is 0 Å². The quantitative estimate of drug-likeness (QED) is 0.515. The van der Waals surface area contributed by atoms with Crippen molar-refractivity contribution in [3.05, 3.63) is 88.9 Å². The second-order valence-electron chi connectivity index (χ2n) is 7.64. The minimum Gasteiger partial charge on any atom is -0.497 e. The number of benzene rings is 3. The van der Waals surface area contributed by atoms with Crippen molar-refractivity contribution in [2.45, 2.75) is 19.3 Å². The van der Waals surface area contributed by atoms with Crippen LogP contribution in [-0.4, -0.2) is 32.0 Å². The Morgan fingerprint density at radius 1 is 1.03 bits per heavy atom. The van der Waals surface area contributed by atoms with Crippen molar-refractivity contribution in [1.29, 1.82) is 0 Å². The summed E-state index contributed by atoms with van der Waals surface area (Å²) in [5.41, 5.74) is 3.06. The molecule has 6 heteroatoms. The average Bonchev–Trinajstić information content (AvgIpc) is 2.84. The van der Waals surface area contributed by atoms with Crippen molar-refractivity contribution >= 4 is 34.8 Å². The van der Waals surface area contributed by atoms with Crippen LogP contribution in [0.1, 0.15) is 35.2 Å². The van der Waals surface area contributed by atoms with E-state index in [1.54, 1.807) is 53.3 Å². The molecule has 0 radical (unpaired) electrons. The minimum absolute atomic E-state index is 0.0267. The molecule has 164 valence electrons. The fourth-order valence-corrected chi connectivity index (χ4v) is 4.32. The van der Waals surface area contributed by atoms with Crippen LogP contribution in [0.15, 0.2) is 72.8 Å². The first kappa shape index (κ1) is 21.9. The van der Waals surface area contributed by atoms with Gasteiger partial charge in [0.05, 0.1) is 13.0 Å². The number of nitrogens with zero attached hydrogens (tertiary/aromatic N) is 2. The van der Waals surface area contributed by atoms with E-state index in [1.165, 1.54) is 0 Å². The highest BCUT2D eigenvalue weighted by atomic mass is 35.5. The molecule has 0 N–H and O–H groups in total. The Morgan fingerprint density at radius 3 is 2.38 bits per heavy atom. The first-order chi connectivity index (χ1) is 15.5. The molecule has 0 saturated carbocycles. The van der Waals surface area contributed by atoms with Crippen LogP contribution in [0.4, 0.5) is 11.4 Å². The molecular weight excluding hydrogens is 424 g/mol. The maximum atomic E-state index is 13.6. The number of para-hydroxylation sites is 1.